The third-order valence-corrected chi connectivity index (χ3v) is 2.87. The van der Waals surface area contributed by atoms with Crippen molar-refractivity contribution in [3.8, 4) is 11.6 Å². The summed E-state index contributed by atoms with van der Waals surface area (Å²) < 4.78 is 10.6. The Hall–Kier alpha value is -1.26. The quantitative estimate of drug-likeness (QED) is 0.785. The second kappa shape index (κ2) is 5.18. The standard InChI is InChI=1S/C11H10ClNO2S/c1-14-9-4-10(12)13-11(5-9)15-6-8-2-3-16-7-8/h2-5,7H,6H2,1H3. The molecule has 3 nitrogen and oxygen atoms in total. The molecule has 0 fully saturated rings. The van der Waals surface area contributed by atoms with Crippen molar-refractivity contribution in [3.63, 3.8) is 0 Å². The fourth-order valence-electron chi connectivity index (χ4n) is 1.17. The zero-order chi connectivity index (χ0) is 11.4. The Balaban J connectivity index is 2.06. The molecule has 0 aliphatic carbocycles. The largest absolute Gasteiger partial charge is 0.496 e. The van der Waals surface area contributed by atoms with Gasteiger partial charge in [0.05, 0.1) is 7.11 Å². The number of ether oxygens (including phenoxy) is 2. The van der Waals surface area contributed by atoms with E-state index in [1.165, 1.54) is 0 Å². The fraction of sp³-hybridized carbons (Fsp3) is 0.182. The van der Waals surface area contributed by atoms with Gasteiger partial charge in [0.1, 0.15) is 17.5 Å². The minimum Gasteiger partial charge on any atom is -0.496 e. The lowest BCUT2D eigenvalue weighted by atomic mass is 10.4. The van der Waals surface area contributed by atoms with Crippen molar-refractivity contribution in [2.24, 2.45) is 0 Å². The monoisotopic (exact) mass is 255 g/mol. The Kier molecular flexibility index (Phi) is 3.64. The lowest BCUT2D eigenvalue weighted by molar-refractivity contribution is 0.292. The van der Waals surface area contributed by atoms with Crippen LogP contribution in [0.4, 0.5) is 0 Å². The molecule has 2 aromatic heterocycles. The van der Waals surface area contributed by atoms with Crippen molar-refractivity contribution >= 4 is 22.9 Å². The molecular weight excluding hydrogens is 246 g/mol. The van der Waals surface area contributed by atoms with Crippen molar-refractivity contribution in [1.29, 1.82) is 0 Å². The summed E-state index contributed by atoms with van der Waals surface area (Å²) >= 11 is 7.45. The molecule has 0 amide bonds. The van der Waals surface area contributed by atoms with Crippen LogP contribution in [0.1, 0.15) is 5.56 Å². The van der Waals surface area contributed by atoms with E-state index < -0.39 is 0 Å². The molecule has 5 heteroatoms. The van der Waals surface area contributed by atoms with Crippen LogP contribution in [-0.2, 0) is 6.61 Å². The highest BCUT2D eigenvalue weighted by Gasteiger charge is 2.03. The minimum absolute atomic E-state index is 0.361. The maximum atomic E-state index is 5.82. The normalized spacial score (nSPS) is 10.1. The van der Waals surface area contributed by atoms with Gasteiger partial charge in [-0.25, -0.2) is 4.98 Å². The second-order valence-corrected chi connectivity index (χ2v) is 4.26. The van der Waals surface area contributed by atoms with E-state index in [1.54, 1.807) is 30.6 Å². The number of methoxy groups -OCH3 is 1. The summed E-state index contributed by atoms with van der Waals surface area (Å²) in [6.45, 7) is 0.486. The van der Waals surface area contributed by atoms with Gasteiger partial charge >= 0.3 is 0 Å². The van der Waals surface area contributed by atoms with Gasteiger partial charge < -0.3 is 9.47 Å². The van der Waals surface area contributed by atoms with Crippen molar-refractivity contribution < 1.29 is 9.47 Å². The van der Waals surface area contributed by atoms with Crippen LogP contribution in [0.25, 0.3) is 0 Å². The Bertz CT molecular complexity index is 459. The number of pyridine rings is 1. The van der Waals surface area contributed by atoms with E-state index >= 15 is 0 Å². The Labute approximate surface area is 103 Å². The molecule has 16 heavy (non-hydrogen) atoms. The summed E-state index contributed by atoms with van der Waals surface area (Å²) in [5.74, 6) is 1.11. The highest BCUT2D eigenvalue weighted by atomic mass is 35.5. The Morgan fingerprint density at radius 3 is 3.00 bits per heavy atom. The predicted molar refractivity (Wildman–Crippen MR) is 64.5 cm³/mol. The van der Waals surface area contributed by atoms with E-state index in [2.05, 4.69) is 4.98 Å². The third-order valence-electron chi connectivity index (χ3n) is 1.95. The van der Waals surface area contributed by atoms with Crippen molar-refractivity contribution in [2.45, 2.75) is 6.61 Å². The lowest BCUT2D eigenvalue weighted by Crippen LogP contribution is -1.96. The zero-order valence-corrected chi connectivity index (χ0v) is 10.2. The van der Waals surface area contributed by atoms with Crippen molar-refractivity contribution in [1.82, 2.24) is 4.98 Å². The van der Waals surface area contributed by atoms with Crippen LogP contribution in [0.15, 0.2) is 29.0 Å². The maximum absolute atomic E-state index is 5.82. The molecule has 84 valence electrons. The van der Waals surface area contributed by atoms with Crippen LogP contribution >= 0.6 is 22.9 Å². The fourth-order valence-corrected chi connectivity index (χ4v) is 2.02. The molecule has 0 N–H and O–H groups in total. The summed E-state index contributed by atoms with van der Waals surface area (Å²) in [4.78, 5) is 4.05. The molecular formula is C11H10ClNO2S. The first-order valence-corrected chi connectivity index (χ1v) is 5.95. The van der Waals surface area contributed by atoms with Gasteiger partial charge in [0, 0.05) is 17.7 Å². The molecule has 0 spiro atoms. The number of thiophene rings is 1. The van der Waals surface area contributed by atoms with Crippen LogP contribution in [-0.4, -0.2) is 12.1 Å². The molecule has 0 aromatic carbocycles. The summed E-state index contributed by atoms with van der Waals surface area (Å²) in [7, 11) is 1.58. The SMILES string of the molecule is COc1cc(Cl)nc(OCc2ccsc2)c1. The molecule has 0 atom stereocenters. The van der Waals surface area contributed by atoms with Gasteiger partial charge in [-0.1, -0.05) is 11.6 Å². The number of nitrogens with zero attached hydrogens (tertiary/aromatic N) is 1. The van der Waals surface area contributed by atoms with E-state index in [1.807, 2.05) is 16.8 Å². The molecule has 0 radical (unpaired) electrons. The summed E-state index contributed by atoms with van der Waals surface area (Å²) in [5, 5.41) is 4.39. The Morgan fingerprint density at radius 2 is 2.31 bits per heavy atom. The van der Waals surface area contributed by atoms with Gasteiger partial charge in [-0.2, -0.15) is 11.3 Å². The van der Waals surface area contributed by atoms with Crippen LogP contribution in [0.3, 0.4) is 0 Å². The molecule has 0 aliphatic rings. The Morgan fingerprint density at radius 1 is 1.44 bits per heavy atom. The summed E-state index contributed by atoms with van der Waals surface area (Å²) in [6.07, 6.45) is 0. The molecule has 2 aromatic rings. The molecule has 0 bridgehead atoms. The highest BCUT2D eigenvalue weighted by Crippen LogP contribution is 2.22. The van der Waals surface area contributed by atoms with Crippen molar-refractivity contribution in [3.05, 3.63) is 39.7 Å². The number of halogens is 1. The van der Waals surface area contributed by atoms with E-state index in [-0.39, 0.29) is 0 Å². The number of rotatable bonds is 4. The van der Waals surface area contributed by atoms with Gasteiger partial charge in [0.15, 0.2) is 0 Å². The topological polar surface area (TPSA) is 31.4 Å². The molecule has 0 saturated heterocycles. The van der Waals surface area contributed by atoms with Gasteiger partial charge in [-0.15, -0.1) is 0 Å². The number of hydrogen-bond acceptors (Lipinski definition) is 4. The van der Waals surface area contributed by atoms with E-state index in [0.717, 1.165) is 5.56 Å². The van der Waals surface area contributed by atoms with Gasteiger partial charge in [-0.05, 0) is 16.8 Å². The minimum atomic E-state index is 0.361. The maximum Gasteiger partial charge on any atom is 0.218 e. The predicted octanol–water partition coefficient (Wildman–Crippen LogP) is 3.38. The van der Waals surface area contributed by atoms with Crippen LogP contribution in [0.2, 0.25) is 5.15 Å². The zero-order valence-electron chi connectivity index (χ0n) is 8.64. The van der Waals surface area contributed by atoms with Gasteiger partial charge in [0.25, 0.3) is 0 Å². The lowest BCUT2D eigenvalue weighted by Gasteiger charge is -2.06. The molecule has 2 heterocycles. The molecule has 0 aliphatic heterocycles. The molecule has 2 rings (SSSR count). The first-order chi connectivity index (χ1) is 7.78. The third kappa shape index (κ3) is 2.87. The first kappa shape index (κ1) is 11.2. The average molecular weight is 256 g/mol. The van der Waals surface area contributed by atoms with E-state index in [0.29, 0.717) is 23.4 Å². The summed E-state index contributed by atoms with van der Waals surface area (Å²) in [6, 6.07) is 5.35. The molecule has 0 unspecified atom stereocenters. The first-order valence-electron chi connectivity index (χ1n) is 4.63. The number of aromatic nitrogens is 1. The number of hydrogen-bond donors (Lipinski definition) is 0. The van der Waals surface area contributed by atoms with Crippen molar-refractivity contribution in [2.75, 3.05) is 7.11 Å². The van der Waals surface area contributed by atoms with Crippen LogP contribution in [0.5, 0.6) is 11.6 Å². The smallest absolute Gasteiger partial charge is 0.218 e. The van der Waals surface area contributed by atoms with E-state index in [9.17, 15) is 0 Å². The van der Waals surface area contributed by atoms with Gasteiger partial charge in [0.2, 0.25) is 5.88 Å². The average Bonchev–Trinajstić information content (AvgIpc) is 2.78. The van der Waals surface area contributed by atoms with E-state index in [4.69, 9.17) is 21.1 Å². The van der Waals surface area contributed by atoms with Crippen LogP contribution < -0.4 is 9.47 Å². The highest BCUT2D eigenvalue weighted by molar-refractivity contribution is 7.07. The van der Waals surface area contributed by atoms with Crippen LogP contribution in [0, 0.1) is 0 Å². The second-order valence-electron chi connectivity index (χ2n) is 3.09. The van der Waals surface area contributed by atoms with Gasteiger partial charge in [-0.3, -0.25) is 0 Å². The molecule has 0 saturated carbocycles. The summed E-state index contributed by atoms with van der Waals surface area (Å²) in [5.41, 5.74) is 1.12.